The Balaban J connectivity index is 1.33. The Morgan fingerprint density at radius 3 is 2.46 bits per heavy atom. The summed E-state index contributed by atoms with van der Waals surface area (Å²) in [5.41, 5.74) is 1.21. The van der Waals surface area contributed by atoms with E-state index in [2.05, 4.69) is 32.6 Å². The minimum Gasteiger partial charge on any atom is -0.369 e. The van der Waals surface area contributed by atoms with Crippen molar-refractivity contribution in [1.82, 2.24) is 15.5 Å². The molecule has 1 aliphatic heterocycles. The van der Waals surface area contributed by atoms with Crippen LogP contribution in [0, 0.1) is 0 Å². The molecule has 1 saturated heterocycles. The molecule has 0 radical (unpaired) electrons. The molecular weight excluding hydrogens is 348 g/mol. The minimum atomic E-state index is -0.422. The number of anilines is 1. The third-order valence-corrected chi connectivity index (χ3v) is 5.29. The molecule has 3 rings (SSSR count). The summed E-state index contributed by atoms with van der Waals surface area (Å²) in [6.45, 7) is 4.15. The maximum Gasteiger partial charge on any atom is 0.321 e. The molecule has 138 valence electrons. The first-order chi connectivity index (χ1) is 12.7. The number of nitrogens with one attached hydrogen (secondary N) is 2. The lowest BCUT2D eigenvalue weighted by Gasteiger charge is -2.35. The molecule has 0 aliphatic carbocycles. The standard InChI is InChI=1S/C19H24N4O2S/c24-18(21-19(25)20-9-8-17-7-4-14-26-17)15-22-10-12-23(13-11-22)16-5-2-1-3-6-16/h1-7,14H,8-13,15H2,(H2,20,21,24,25). The summed E-state index contributed by atoms with van der Waals surface area (Å²) in [6.07, 6.45) is 0.778. The molecule has 7 heteroatoms. The largest absolute Gasteiger partial charge is 0.369 e. The Hall–Kier alpha value is -2.38. The Morgan fingerprint density at radius 2 is 1.77 bits per heavy atom. The van der Waals surface area contributed by atoms with Crippen LogP contribution in [0.25, 0.3) is 0 Å². The zero-order valence-electron chi connectivity index (χ0n) is 14.7. The molecule has 1 aromatic carbocycles. The van der Waals surface area contributed by atoms with Crippen molar-refractivity contribution in [1.29, 1.82) is 0 Å². The molecule has 2 N–H and O–H groups in total. The number of para-hydroxylation sites is 1. The van der Waals surface area contributed by atoms with E-state index in [0.29, 0.717) is 6.54 Å². The molecule has 1 fully saturated rings. The van der Waals surface area contributed by atoms with Crippen molar-refractivity contribution in [3.05, 3.63) is 52.7 Å². The summed E-state index contributed by atoms with van der Waals surface area (Å²) in [7, 11) is 0. The summed E-state index contributed by atoms with van der Waals surface area (Å²) < 4.78 is 0. The van der Waals surface area contributed by atoms with E-state index in [9.17, 15) is 9.59 Å². The minimum absolute atomic E-state index is 0.251. The van der Waals surface area contributed by atoms with Gasteiger partial charge in [-0.3, -0.25) is 15.0 Å². The second-order valence-corrected chi connectivity index (χ2v) is 7.26. The zero-order valence-corrected chi connectivity index (χ0v) is 15.5. The number of imide groups is 1. The number of carbonyl (C=O) groups is 2. The number of hydrogen-bond acceptors (Lipinski definition) is 5. The fraction of sp³-hybridized carbons (Fsp3) is 0.368. The lowest BCUT2D eigenvalue weighted by molar-refractivity contribution is -0.121. The van der Waals surface area contributed by atoms with E-state index in [1.54, 1.807) is 11.3 Å². The Bertz CT molecular complexity index is 698. The van der Waals surface area contributed by atoms with Gasteiger partial charge in [-0.05, 0) is 30.0 Å². The molecule has 0 spiro atoms. The predicted octanol–water partition coefficient (Wildman–Crippen LogP) is 1.94. The molecule has 0 bridgehead atoms. The van der Waals surface area contributed by atoms with E-state index in [0.717, 1.165) is 32.6 Å². The van der Waals surface area contributed by atoms with Gasteiger partial charge in [-0.1, -0.05) is 24.3 Å². The third-order valence-electron chi connectivity index (χ3n) is 4.35. The Kier molecular flexibility index (Phi) is 6.62. The van der Waals surface area contributed by atoms with Gasteiger partial charge in [0.1, 0.15) is 0 Å². The van der Waals surface area contributed by atoms with Gasteiger partial charge in [-0.25, -0.2) is 4.79 Å². The van der Waals surface area contributed by atoms with Gasteiger partial charge in [0.2, 0.25) is 5.91 Å². The van der Waals surface area contributed by atoms with Crippen LogP contribution in [0.1, 0.15) is 4.88 Å². The van der Waals surface area contributed by atoms with Crippen molar-refractivity contribution in [2.24, 2.45) is 0 Å². The number of rotatable bonds is 6. The summed E-state index contributed by atoms with van der Waals surface area (Å²) in [5, 5.41) is 7.15. The lowest BCUT2D eigenvalue weighted by atomic mass is 10.2. The number of piperazine rings is 1. The third kappa shape index (κ3) is 5.57. The fourth-order valence-electron chi connectivity index (χ4n) is 2.97. The van der Waals surface area contributed by atoms with Crippen LogP contribution in [0.5, 0.6) is 0 Å². The maximum atomic E-state index is 12.0. The molecule has 0 unspecified atom stereocenters. The number of hydrogen-bond donors (Lipinski definition) is 2. The second kappa shape index (κ2) is 9.35. The van der Waals surface area contributed by atoms with Crippen LogP contribution >= 0.6 is 11.3 Å². The first kappa shape index (κ1) is 18.4. The average Bonchev–Trinajstić information content (AvgIpc) is 3.16. The monoisotopic (exact) mass is 372 g/mol. The van der Waals surface area contributed by atoms with Crippen LogP contribution in [-0.2, 0) is 11.2 Å². The van der Waals surface area contributed by atoms with Gasteiger partial charge in [0.05, 0.1) is 6.54 Å². The van der Waals surface area contributed by atoms with Crippen LogP contribution in [0.3, 0.4) is 0 Å². The molecule has 2 heterocycles. The number of benzene rings is 1. The molecule has 6 nitrogen and oxygen atoms in total. The van der Waals surface area contributed by atoms with E-state index in [1.807, 2.05) is 35.7 Å². The number of carbonyl (C=O) groups excluding carboxylic acids is 2. The quantitative estimate of drug-likeness (QED) is 0.813. The SMILES string of the molecule is O=C(CN1CCN(c2ccccc2)CC1)NC(=O)NCCc1cccs1. The van der Waals surface area contributed by atoms with Crippen molar-refractivity contribution >= 4 is 29.0 Å². The highest BCUT2D eigenvalue weighted by Crippen LogP contribution is 2.15. The molecule has 2 aromatic rings. The first-order valence-electron chi connectivity index (χ1n) is 8.83. The van der Waals surface area contributed by atoms with Gasteiger partial charge < -0.3 is 10.2 Å². The zero-order chi connectivity index (χ0) is 18.2. The molecule has 0 saturated carbocycles. The first-order valence-corrected chi connectivity index (χ1v) is 9.71. The van der Waals surface area contributed by atoms with E-state index >= 15 is 0 Å². The van der Waals surface area contributed by atoms with Crippen molar-refractivity contribution in [3.63, 3.8) is 0 Å². The van der Waals surface area contributed by atoms with Crippen molar-refractivity contribution < 1.29 is 9.59 Å². The van der Waals surface area contributed by atoms with Gasteiger partial charge in [0, 0.05) is 43.3 Å². The van der Waals surface area contributed by atoms with Gasteiger partial charge in [0.25, 0.3) is 0 Å². The van der Waals surface area contributed by atoms with Gasteiger partial charge in [-0.2, -0.15) is 0 Å². The number of nitrogens with zero attached hydrogens (tertiary/aromatic N) is 2. The van der Waals surface area contributed by atoms with Crippen molar-refractivity contribution in [2.75, 3.05) is 44.2 Å². The van der Waals surface area contributed by atoms with Gasteiger partial charge in [-0.15, -0.1) is 11.3 Å². The van der Waals surface area contributed by atoms with Gasteiger partial charge >= 0.3 is 6.03 Å². The number of thiophene rings is 1. The average molecular weight is 372 g/mol. The van der Waals surface area contributed by atoms with Crippen LogP contribution in [0.2, 0.25) is 0 Å². The van der Waals surface area contributed by atoms with E-state index in [4.69, 9.17) is 0 Å². The summed E-state index contributed by atoms with van der Waals surface area (Å²) in [6, 6.07) is 13.9. The number of amides is 3. The topological polar surface area (TPSA) is 64.7 Å². The Morgan fingerprint density at radius 1 is 1.00 bits per heavy atom. The Labute approximate surface area is 157 Å². The second-order valence-electron chi connectivity index (χ2n) is 6.23. The molecule has 1 aromatic heterocycles. The van der Waals surface area contributed by atoms with E-state index < -0.39 is 6.03 Å². The van der Waals surface area contributed by atoms with E-state index in [-0.39, 0.29) is 12.5 Å². The summed E-state index contributed by atoms with van der Waals surface area (Å²) in [4.78, 5) is 29.4. The summed E-state index contributed by atoms with van der Waals surface area (Å²) >= 11 is 1.66. The molecule has 1 aliphatic rings. The predicted molar refractivity (Wildman–Crippen MR) is 105 cm³/mol. The fourth-order valence-corrected chi connectivity index (χ4v) is 3.68. The van der Waals surface area contributed by atoms with Crippen molar-refractivity contribution in [3.8, 4) is 0 Å². The van der Waals surface area contributed by atoms with Gasteiger partial charge in [0.15, 0.2) is 0 Å². The van der Waals surface area contributed by atoms with Crippen LogP contribution in [0.15, 0.2) is 47.8 Å². The van der Waals surface area contributed by atoms with Crippen LogP contribution < -0.4 is 15.5 Å². The molecule has 0 atom stereocenters. The summed E-state index contributed by atoms with van der Waals surface area (Å²) in [5.74, 6) is -0.258. The normalized spacial score (nSPS) is 14.8. The maximum absolute atomic E-state index is 12.0. The number of urea groups is 1. The lowest BCUT2D eigenvalue weighted by Crippen LogP contribution is -2.51. The molecule has 3 amide bonds. The molecular formula is C19H24N4O2S. The van der Waals surface area contributed by atoms with Crippen LogP contribution in [-0.4, -0.2) is 56.1 Å². The van der Waals surface area contributed by atoms with Crippen molar-refractivity contribution in [2.45, 2.75) is 6.42 Å². The highest BCUT2D eigenvalue weighted by atomic mass is 32.1. The van der Waals surface area contributed by atoms with E-state index in [1.165, 1.54) is 10.6 Å². The van der Waals surface area contributed by atoms with Crippen LogP contribution in [0.4, 0.5) is 10.5 Å². The highest BCUT2D eigenvalue weighted by molar-refractivity contribution is 7.09. The highest BCUT2D eigenvalue weighted by Gasteiger charge is 2.19. The smallest absolute Gasteiger partial charge is 0.321 e. The molecule has 26 heavy (non-hydrogen) atoms.